The van der Waals surface area contributed by atoms with Gasteiger partial charge in [-0.05, 0) is 24.6 Å². The maximum atomic E-state index is 8.59. The molecule has 0 amide bonds. The molecule has 0 spiro atoms. The summed E-state index contributed by atoms with van der Waals surface area (Å²) in [4.78, 5) is 0. The first-order valence-corrected chi connectivity index (χ1v) is 4.75. The van der Waals surface area contributed by atoms with E-state index in [0.717, 1.165) is 17.8 Å². The Morgan fingerprint density at radius 3 is 2.64 bits per heavy atom. The first-order valence-electron chi connectivity index (χ1n) is 4.37. The molecule has 3 heteroatoms. The highest BCUT2D eigenvalue weighted by molar-refractivity contribution is 6.30. The van der Waals surface area contributed by atoms with Crippen LogP contribution < -0.4 is 5.32 Å². The predicted molar refractivity (Wildman–Crippen MR) is 58.7 cm³/mol. The van der Waals surface area contributed by atoms with Crippen LogP contribution in [0.1, 0.15) is 12.5 Å². The third-order valence-electron chi connectivity index (χ3n) is 1.73. The van der Waals surface area contributed by atoms with Gasteiger partial charge in [-0.15, -0.1) is 0 Å². The number of nitriles is 1. The predicted octanol–water partition coefficient (Wildman–Crippen LogP) is 2.81. The van der Waals surface area contributed by atoms with E-state index in [2.05, 4.69) is 5.32 Å². The van der Waals surface area contributed by atoms with E-state index < -0.39 is 0 Å². The van der Waals surface area contributed by atoms with Crippen LogP contribution in [0.3, 0.4) is 0 Å². The van der Waals surface area contributed by atoms with Crippen molar-refractivity contribution in [3.63, 3.8) is 0 Å². The second kappa shape index (κ2) is 5.31. The van der Waals surface area contributed by atoms with E-state index >= 15 is 0 Å². The van der Waals surface area contributed by atoms with Crippen molar-refractivity contribution in [3.05, 3.63) is 40.9 Å². The fraction of sp³-hybridized carbons (Fsp3) is 0.182. The van der Waals surface area contributed by atoms with Gasteiger partial charge in [0.05, 0.1) is 11.8 Å². The van der Waals surface area contributed by atoms with Crippen LogP contribution in [0.15, 0.2) is 30.3 Å². The van der Waals surface area contributed by atoms with E-state index in [1.165, 1.54) is 6.08 Å². The number of halogens is 1. The number of benzene rings is 1. The average Bonchev–Trinajstić information content (AvgIpc) is 2.19. The molecule has 14 heavy (non-hydrogen) atoms. The second-order valence-corrected chi connectivity index (χ2v) is 3.16. The third kappa shape index (κ3) is 2.79. The fourth-order valence-corrected chi connectivity index (χ4v) is 1.25. The van der Waals surface area contributed by atoms with E-state index in [1.807, 2.05) is 25.1 Å². The quantitative estimate of drug-likeness (QED) is 0.772. The van der Waals surface area contributed by atoms with Crippen LogP contribution in [0.4, 0.5) is 0 Å². The van der Waals surface area contributed by atoms with Crippen molar-refractivity contribution in [1.29, 1.82) is 5.26 Å². The molecule has 1 rings (SSSR count). The summed E-state index contributed by atoms with van der Waals surface area (Å²) in [7, 11) is 0. The molecule has 0 aromatic heterocycles. The maximum absolute atomic E-state index is 8.59. The van der Waals surface area contributed by atoms with Crippen LogP contribution in [0.5, 0.6) is 0 Å². The Balaban J connectivity index is 2.95. The standard InChI is InChI=1S/C11H11ClN2/c1-2-14-11(7-8-13)9-3-5-10(12)6-4-9/h3-7,14H,2H2,1H3/b11-7+. The minimum absolute atomic E-state index is 0.696. The van der Waals surface area contributed by atoms with Gasteiger partial charge in [-0.25, -0.2) is 0 Å². The number of hydrogen-bond donors (Lipinski definition) is 1. The number of nitrogens with one attached hydrogen (secondary N) is 1. The van der Waals surface area contributed by atoms with Crippen LogP contribution in [0, 0.1) is 11.3 Å². The molecule has 1 aromatic rings. The van der Waals surface area contributed by atoms with Crippen LogP contribution in [-0.4, -0.2) is 6.54 Å². The zero-order valence-electron chi connectivity index (χ0n) is 7.92. The minimum Gasteiger partial charge on any atom is -0.384 e. The van der Waals surface area contributed by atoms with Gasteiger partial charge in [0.25, 0.3) is 0 Å². The molecule has 1 aromatic carbocycles. The molecule has 0 bridgehead atoms. The van der Waals surface area contributed by atoms with E-state index in [1.54, 1.807) is 12.1 Å². The van der Waals surface area contributed by atoms with Gasteiger partial charge in [-0.3, -0.25) is 0 Å². The summed E-state index contributed by atoms with van der Waals surface area (Å²) in [6, 6.07) is 9.38. The lowest BCUT2D eigenvalue weighted by Gasteiger charge is -2.07. The molecule has 0 radical (unpaired) electrons. The second-order valence-electron chi connectivity index (χ2n) is 2.72. The van der Waals surface area contributed by atoms with Gasteiger partial charge >= 0.3 is 0 Å². The molecular weight excluding hydrogens is 196 g/mol. The molecule has 0 aliphatic carbocycles. The van der Waals surface area contributed by atoms with Gasteiger partial charge in [-0.1, -0.05) is 23.7 Å². The molecule has 0 aliphatic heterocycles. The van der Waals surface area contributed by atoms with Crippen molar-refractivity contribution in [2.45, 2.75) is 6.92 Å². The van der Waals surface area contributed by atoms with Crippen molar-refractivity contribution < 1.29 is 0 Å². The van der Waals surface area contributed by atoms with Crippen LogP contribution >= 0.6 is 11.6 Å². The van der Waals surface area contributed by atoms with Gasteiger partial charge in [-0.2, -0.15) is 5.26 Å². The maximum Gasteiger partial charge on any atom is 0.0933 e. The molecule has 0 heterocycles. The fourth-order valence-electron chi connectivity index (χ4n) is 1.12. The monoisotopic (exact) mass is 206 g/mol. The van der Waals surface area contributed by atoms with Crippen molar-refractivity contribution in [3.8, 4) is 6.07 Å². The van der Waals surface area contributed by atoms with Crippen molar-refractivity contribution in [2.24, 2.45) is 0 Å². The van der Waals surface area contributed by atoms with Crippen LogP contribution in [0.25, 0.3) is 5.70 Å². The normalized spacial score (nSPS) is 10.8. The molecule has 0 atom stereocenters. The summed E-state index contributed by atoms with van der Waals surface area (Å²) in [6.45, 7) is 2.78. The van der Waals surface area contributed by atoms with Gasteiger partial charge in [0, 0.05) is 17.6 Å². The van der Waals surface area contributed by atoms with Crippen LogP contribution in [-0.2, 0) is 0 Å². The first-order chi connectivity index (χ1) is 6.77. The van der Waals surface area contributed by atoms with E-state index in [9.17, 15) is 0 Å². The highest BCUT2D eigenvalue weighted by atomic mass is 35.5. The van der Waals surface area contributed by atoms with Gasteiger partial charge < -0.3 is 5.32 Å². The summed E-state index contributed by atoms with van der Waals surface area (Å²) in [6.07, 6.45) is 1.49. The molecular formula is C11H11ClN2. The van der Waals surface area contributed by atoms with E-state index in [0.29, 0.717) is 5.02 Å². The first kappa shape index (κ1) is 10.6. The number of allylic oxidation sites excluding steroid dienone is 1. The Bertz CT molecular complexity index is 360. The smallest absolute Gasteiger partial charge is 0.0933 e. The lowest BCUT2D eigenvalue weighted by Crippen LogP contribution is -2.10. The lowest BCUT2D eigenvalue weighted by molar-refractivity contribution is 0.940. The van der Waals surface area contributed by atoms with Gasteiger partial charge in [0.1, 0.15) is 0 Å². The van der Waals surface area contributed by atoms with Gasteiger partial charge in [0.15, 0.2) is 0 Å². The Morgan fingerprint density at radius 2 is 2.14 bits per heavy atom. The summed E-state index contributed by atoms with van der Waals surface area (Å²) in [5, 5.41) is 12.4. The number of nitrogens with zero attached hydrogens (tertiary/aromatic N) is 1. The highest BCUT2D eigenvalue weighted by Crippen LogP contribution is 2.15. The molecule has 72 valence electrons. The Morgan fingerprint density at radius 1 is 1.50 bits per heavy atom. The lowest BCUT2D eigenvalue weighted by atomic mass is 10.1. The van der Waals surface area contributed by atoms with Crippen molar-refractivity contribution >= 4 is 17.3 Å². The molecule has 2 nitrogen and oxygen atoms in total. The average molecular weight is 207 g/mol. The summed E-state index contributed by atoms with van der Waals surface area (Å²) in [5.41, 5.74) is 1.80. The molecule has 0 fully saturated rings. The van der Waals surface area contributed by atoms with E-state index in [-0.39, 0.29) is 0 Å². The Hall–Kier alpha value is -1.46. The largest absolute Gasteiger partial charge is 0.384 e. The summed E-state index contributed by atoms with van der Waals surface area (Å²) >= 11 is 5.77. The number of hydrogen-bond acceptors (Lipinski definition) is 2. The van der Waals surface area contributed by atoms with E-state index in [4.69, 9.17) is 16.9 Å². The zero-order chi connectivity index (χ0) is 10.4. The summed E-state index contributed by atoms with van der Waals surface area (Å²) in [5.74, 6) is 0. The number of rotatable bonds is 3. The molecule has 0 unspecified atom stereocenters. The summed E-state index contributed by atoms with van der Waals surface area (Å²) < 4.78 is 0. The molecule has 1 N–H and O–H groups in total. The molecule has 0 saturated heterocycles. The zero-order valence-corrected chi connectivity index (χ0v) is 8.67. The molecule has 0 saturated carbocycles. The SMILES string of the molecule is CCN/C(=C/C#N)c1ccc(Cl)cc1. The van der Waals surface area contributed by atoms with Crippen molar-refractivity contribution in [1.82, 2.24) is 5.32 Å². The Kier molecular flexibility index (Phi) is 4.03. The van der Waals surface area contributed by atoms with Crippen molar-refractivity contribution in [2.75, 3.05) is 6.54 Å². The van der Waals surface area contributed by atoms with Gasteiger partial charge in [0.2, 0.25) is 0 Å². The highest BCUT2D eigenvalue weighted by Gasteiger charge is 1.98. The topological polar surface area (TPSA) is 35.8 Å². The third-order valence-corrected chi connectivity index (χ3v) is 1.98. The van der Waals surface area contributed by atoms with Crippen LogP contribution in [0.2, 0.25) is 5.02 Å². The Labute approximate surface area is 88.8 Å². The molecule has 0 aliphatic rings. The minimum atomic E-state index is 0.696.